The molecule has 0 saturated heterocycles. The molecule has 0 aromatic carbocycles. The molecule has 0 fully saturated rings. The molecule has 1 aromatic heterocycles. The minimum Gasteiger partial charge on any atom is -0.383 e. The summed E-state index contributed by atoms with van der Waals surface area (Å²) in [5, 5.41) is 2.73. The number of rotatable bonds is 5. The second kappa shape index (κ2) is 6.66. The summed E-state index contributed by atoms with van der Waals surface area (Å²) in [4.78, 5) is 15.5. The van der Waals surface area contributed by atoms with Gasteiger partial charge in [-0.15, -0.1) is 0 Å². The summed E-state index contributed by atoms with van der Waals surface area (Å²) in [5.41, 5.74) is 0.0263. The number of amides is 1. The van der Waals surface area contributed by atoms with Crippen LogP contribution in [-0.2, 0) is 4.74 Å². The lowest BCUT2D eigenvalue weighted by Gasteiger charge is -2.21. The molecule has 18 heavy (non-hydrogen) atoms. The average molecular weight is 275 g/mol. The normalized spacial score (nSPS) is 12.6. The first kappa shape index (κ1) is 14.9. The topological polar surface area (TPSA) is 51.2 Å². The number of aromatic nitrogens is 1. The summed E-state index contributed by atoms with van der Waals surface area (Å²) in [7, 11) is 1.55. The summed E-state index contributed by atoms with van der Waals surface area (Å²) in [6.45, 7) is 4.29. The summed E-state index contributed by atoms with van der Waals surface area (Å²) in [6.07, 6.45) is 0.966. The second-order valence-electron chi connectivity index (χ2n) is 4.27. The molecular weight excluding hydrogens is 259 g/mol. The standard InChI is InChI=1S/C12H16ClFN2O2/c1-7(2)10(6-18-3)16-12(17)9-4-8(14)5-15-11(9)13/h4-5,7,10H,6H2,1-3H3,(H,16,17). The van der Waals surface area contributed by atoms with E-state index in [1.807, 2.05) is 13.8 Å². The van der Waals surface area contributed by atoms with E-state index in [1.54, 1.807) is 7.11 Å². The van der Waals surface area contributed by atoms with Crippen molar-refractivity contribution in [2.45, 2.75) is 19.9 Å². The van der Waals surface area contributed by atoms with E-state index >= 15 is 0 Å². The molecule has 0 aliphatic heterocycles. The number of hydrogen-bond acceptors (Lipinski definition) is 3. The molecule has 0 spiro atoms. The maximum atomic E-state index is 13.0. The van der Waals surface area contributed by atoms with E-state index in [-0.39, 0.29) is 22.7 Å². The zero-order valence-corrected chi connectivity index (χ0v) is 11.3. The first-order chi connectivity index (χ1) is 8.45. The molecule has 1 N–H and O–H groups in total. The number of halogens is 2. The predicted molar refractivity (Wildman–Crippen MR) is 67.2 cm³/mol. The number of carbonyl (C=O) groups is 1. The van der Waals surface area contributed by atoms with E-state index in [1.165, 1.54) is 0 Å². The number of hydrogen-bond donors (Lipinski definition) is 1. The van der Waals surface area contributed by atoms with Gasteiger partial charge in [-0.25, -0.2) is 9.37 Å². The third-order valence-corrected chi connectivity index (χ3v) is 2.82. The Bertz CT molecular complexity index is 427. The number of nitrogens with one attached hydrogen (secondary N) is 1. The van der Waals surface area contributed by atoms with Gasteiger partial charge in [0.2, 0.25) is 0 Å². The van der Waals surface area contributed by atoms with Crippen molar-refractivity contribution in [3.8, 4) is 0 Å². The first-order valence-electron chi connectivity index (χ1n) is 5.56. The van der Waals surface area contributed by atoms with Gasteiger partial charge in [-0.1, -0.05) is 25.4 Å². The number of methoxy groups -OCH3 is 1. The quantitative estimate of drug-likeness (QED) is 0.838. The van der Waals surface area contributed by atoms with Gasteiger partial charge in [0, 0.05) is 7.11 Å². The van der Waals surface area contributed by atoms with Gasteiger partial charge in [0.1, 0.15) is 11.0 Å². The Morgan fingerprint density at radius 3 is 2.83 bits per heavy atom. The Morgan fingerprint density at radius 2 is 2.28 bits per heavy atom. The number of carbonyl (C=O) groups excluding carboxylic acids is 1. The van der Waals surface area contributed by atoms with Gasteiger partial charge in [-0.3, -0.25) is 4.79 Å². The van der Waals surface area contributed by atoms with Gasteiger partial charge < -0.3 is 10.1 Å². The average Bonchev–Trinajstić information content (AvgIpc) is 2.31. The van der Waals surface area contributed by atoms with E-state index in [4.69, 9.17) is 16.3 Å². The fourth-order valence-corrected chi connectivity index (χ4v) is 1.60. The molecule has 1 heterocycles. The van der Waals surface area contributed by atoms with Crippen molar-refractivity contribution >= 4 is 17.5 Å². The van der Waals surface area contributed by atoms with Crippen LogP contribution in [0.25, 0.3) is 0 Å². The van der Waals surface area contributed by atoms with E-state index < -0.39 is 11.7 Å². The molecule has 1 unspecified atom stereocenters. The molecule has 4 nitrogen and oxygen atoms in total. The Kier molecular flexibility index (Phi) is 5.50. The predicted octanol–water partition coefficient (Wildman–Crippen LogP) is 2.27. The van der Waals surface area contributed by atoms with Crippen LogP contribution in [0.1, 0.15) is 24.2 Å². The third kappa shape index (κ3) is 3.92. The van der Waals surface area contributed by atoms with Crippen molar-refractivity contribution in [3.63, 3.8) is 0 Å². The highest BCUT2D eigenvalue weighted by Crippen LogP contribution is 2.14. The Hall–Kier alpha value is -1.20. The molecule has 0 aliphatic rings. The Labute approximate surface area is 110 Å². The lowest BCUT2D eigenvalue weighted by atomic mass is 10.0. The van der Waals surface area contributed by atoms with Crippen molar-refractivity contribution in [1.82, 2.24) is 10.3 Å². The highest BCUT2D eigenvalue weighted by atomic mass is 35.5. The van der Waals surface area contributed by atoms with Gasteiger partial charge in [0.25, 0.3) is 5.91 Å². The Balaban J connectivity index is 2.83. The van der Waals surface area contributed by atoms with Crippen LogP contribution >= 0.6 is 11.6 Å². The van der Waals surface area contributed by atoms with Gasteiger partial charge in [-0.05, 0) is 12.0 Å². The largest absolute Gasteiger partial charge is 0.383 e. The number of pyridine rings is 1. The molecular formula is C12H16ClFN2O2. The highest BCUT2D eigenvalue weighted by molar-refractivity contribution is 6.32. The minimum absolute atomic E-state index is 0.0196. The zero-order chi connectivity index (χ0) is 13.7. The van der Waals surface area contributed by atoms with E-state index in [9.17, 15) is 9.18 Å². The van der Waals surface area contributed by atoms with Gasteiger partial charge in [0.15, 0.2) is 0 Å². The van der Waals surface area contributed by atoms with Crippen LogP contribution in [0.2, 0.25) is 5.15 Å². The summed E-state index contributed by atoms with van der Waals surface area (Å²) in [5.74, 6) is -0.866. The van der Waals surface area contributed by atoms with Crippen LogP contribution in [-0.4, -0.2) is 30.6 Å². The third-order valence-electron chi connectivity index (χ3n) is 2.52. The molecule has 1 aromatic rings. The molecule has 0 radical (unpaired) electrons. The smallest absolute Gasteiger partial charge is 0.254 e. The lowest BCUT2D eigenvalue weighted by Crippen LogP contribution is -2.41. The monoisotopic (exact) mass is 274 g/mol. The maximum Gasteiger partial charge on any atom is 0.254 e. The second-order valence-corrected chi connectivity index (χ2v) is 4.63. The first-order valence-corrected chi connectivity index (χ1v) is 5.94. The van der Waals surface area contributed by atoms with E-state index in [2.05, 4.69) is 10.3 Å². The fourth-order valence-electron chi connectivity index (χ4n) is 1.41. The molecule has 0 bridgehead atoms. The highest BCUT2D eigenvalue weighted by Gasteiger charge is 2.19. The number of ether oxygens (including phenoxy) is 1. The van der Waals surface area contributed by atoms with Gasteiger partial charge in [-0.2, -0.15) is 0 Å². The van der Waals surface area contributed by atoms with Crippen LogP contribution < -0.4 is 5.32 Å². The molecule has 0 saturated carbocycles. The minimum atomic E-state index is -0.600. The fraction of sp³-hybridized carbons (Fsp3) is 0.500. The van der Waals surface area contributed by atoms with Crippen molar-refractivity contribution in [3.05, 3.63) is 28.8 Å². The van der Waals surface area contributed by atoms with Crippen molar-refractivity contribution in [2.24, 2.45) is 5.92 Å². The van der Waals surface area contributed by atoms with Crippen LogP contribution in [0.3, 0.4) is 0 Å². The zero-order valence-electron chi connectivity index (χ0n) is 10.5. The summed E-state index contributed by atoms with van der Waals surface area (Å²) >= 11 is 5.76. The molecule has 1 atom stereocenters. The van der Waals surface area contributed by atoms with Crippen molar-refractivity contribution < 1.29 is 13.9 Å². The lowest BCUT2D eigenvalue weighted by molar-refractivity contribution is 0.0866. The molecule has 1 amide bonds. The van der Waals surface area contributed by atoms with Crippen molar-refractivity contribution in [1.29, 1.82) is 0 Å². The van der Waals surface area contributed by atoms with Crippen LogP contribution in [0.5, 0.6) is 0 Å². The van der Waals surface area contributed by atoms with E-state index in [0.717, 1.165) is 12.3 Å². The van der Waals surface area contributed by atoms with Gasteiger partial charge >= 0.3 is 0 Å². The van der Waals surface area contributed by atoms with Gasteiger partial charge in [0.05, 0.1) is 24.4 Å². The summed E-state index contributed by atoms with van der Waals surface area (Å²) in [6, 6.07) is 0.899. The maximum absolute atomic E-state index is 13.0. The number of nitrogens with zero attached hydrogens (tertiary/aromatic N) is 1. The Morgan fingerprint density at radius 1 is 1.61 bits per heavy atom. The SMILES string of the molecule is COCC(NC(=O)c1cc(F)cnc1Cl)C(C)C. The van der Waals surface area contributed by atoms with Crippen molar-refractivity contribution in [2.75, 3.05) is 13.7 Å². The summed E-state index contributed by atoms with van der Waals surface area (Å²) < 4.78 is 18.0. The van der Waals surface area contributed by atoms with Crippen LogP contribution in [0.4, 0.5) is 4.39 Å². The molecule has 6 heteroatoms. The van der Waals surface area contributed by atoms with E-state index in [0.29, 0.717) is 6.61 Å². The van der Waals surface area contributed by atoms with Crippen LogP contribution in [0, 0.1) is 11.7 Å². The molecule has 100 valence electrons. The van der Waals surface area contributed by atoms with Crippen LogP contribution in [0.15, 0.2) is 12.3 Å². The molecule has 0 aliphatic carbocycles. The molecule has 1 rings (SSSR count).